The van der Waals surface area contributed by atoms with E-state index in [1.165, 1.54) is 18.1 Å². The van der Waals surface area contributed by atoms with Crippen molar-refractivity contribution < 1.29 is 9.53 Å². The van der Waals surface area contributed by atoms with Gasteiger partial charge in [0.05, 0.1) is 18.6 Å². The van der Waals surface area contributed by atoms with Crippen LogP contribution in [0.25, 0.3) is 10.9 Å². The van der Waals surface area contributed by atoms with Crippen LogP contribution in [0.15, 0.2) is 18.2 Å². The lowest BCUT2D eigenvalue weighted by Crippen LogP contribution is -2.51. The molecule has 4 rings (SSSR count). The summed E-state index contributed by atoms with van der Waals surface area (Å²) in [4.78, 5) is 15.9. The van der Waals surface area contributed by atoms with E-state index >= 15 is 0 Å². The summed E-state index contributed by atoms with van der Waals surface area (Å²) in [5, 5.41) is 5.46. The lowest BCUT2D eigenvalue weighted by atomic mass is 9.62. The largest absolute Gasteiger partial charge is 0.469 e. The fraction of sp³-hybridized carbons (Fsp3) is 0.471. The van der Waals surface area contributed by atoms with Crippen LogP contribution in [-0.2, 0) is 16.0 Å². The molecule has 1 fully saturated rings. The van der Waals surface area contributed by atoms with Gasteiger partial charge in [-0.3, -0.25) is 4.79 Å². The summed E-state index contributed by atoms with van der Waals surface area (Å²) in [6.07, 6.45) is 3.79. The van der Waals surface area contributed by atoms with E-state index in [1.807, 2.05) is 18.2 Å². The minimum absolute atomic E-state index is 0.00336. The van der Waals surface area contributed by atoms with Gasteiger partial charge < -0.3 is 15.0 Å². The number of hydrogen-bond acceptors (Lipinski definition) is 3. The molecule has 2 heterocycles. The number of rotatable bonds is 2. The van der Waals surface area contributed by atoms with Gasteiger partial charge in [0.2, 0.25) is 0 Å². The van der Waals surface area contributed by atoms with Crippen LogP contribution in [-0.4, -0.2) is 24.6 Å². The fourth-order valence-electron chi connectivity index (χ4n) is 4.04. The van der Waals surface area contributed by atoms with Crippen LogP contribution in [0.3, 0.4) is 0 Å². The van der Waals surface area contributed by atoms with E-state index in [1.54, 1.807) is 0 Å². The maximum atomic E-state index is 12.4. The van der Waals surface area contributed by atoms with Crippen molar-refractivity contribution in [2.24, 2.45) is 5.41 Å². The Morgan fingerprint density at radius 2 is 2.23 bits per heavy atom. The van der Waals surface area contributed by atoms with Crippen LogP contribution < -0.4 is 5.32 Å². The number of hydrogen-bond donors (Lipinski definition) is 2. The number of benzene rings is 1. The highest BCUT2D eigenvalue weighted by atomic mass is 35.5. The summed E-state index contributed by atoms with van der Waals surface area (Å²) in [7, 11) is 1.48. The maximum absolute atomic E-state index is 12.4. The van der Waals surface area contributed by atoms with Gasteiger partial charge >= 0.3 is 5.97 Å². The molecule has 5 heteroatoms. The lowest BCUT2D eigenvalue weighted by molar-refractivity contribution is -0.162. The van der Waals surface area contributed by atoms with E-state index in [-0.39, 0.29) is 12.0 Å². The second kappa shape index (κ2) is 5.00. The number of methoxy groups -OCH3 is 1. The van der Waals surface area contributed by atoms with E-state index in [0.717, 1.165) is 48.5 Å². The van der Waals surface area contributed by atoms with Gasteiger partial charge in [-0.05, 0) is 49.6 Å². The molecule has 1 aromatic heterocycles. The van der Waals surface area contributed by atoms with Crippen molar-refractivity contribution in [3.63, 3.8) is 0 Å². The summed E-state index contributed by atoms with van der Waals surface area (Å²) in [5.74, 6) is -0.0965. The Bertz CT molecular complexity index is 748. The Morgan fingerprint density at radius 1 is 1.41 bits per heavy atom. The van der Waals surface area contributed by atoms with Crippen molar-refractivity contribution in [1.29, 1.82) is 0 Å². The molecule has 1 aliphatic carbocycles. The molecule has 1 atom stereocenters. The molecular weight excluding hydrogens is 300 g/mol. The number of carbonyl (C=O) groups excluding carboxylic acids is 1. The van der Waals surface area contributed by atoms with Gasteiger partial charge in [-0.25, -0.2) is 0 Å². The number of carbonyl (C=O) groups is 1. The molecule has 116 valence electrons. The number of H-pyrrole nitrogens is 1. The van der Waals surface area contributed by atoms with Crippen LogP contribution >= 0.6 is 11.6 Å². The quantitative estimate of drug-likeness (QED) is 0.835. The Hall–Kier alpha value is -1.52. The highest BCUT2D eigenvalue weighted by Gasteiger charge is 2.53. The highest BCUT2D eigenvalue weighted by Crippen LogP contribution is 2.53. The highest BCUT2D eigenvalue weighted by molar-refractivity contribution is 6.31. The third-order valence-corrected chi connectivity index (χ3v) is 5.54. The topological polar surface area (TPSA) is 54.1 Å². The van der Waals surface area contributed by atoms with Crippen molar-refractivity contribution in [3.8, 4) is 0 Å². The Morgan fingerprint density at radius 3 is 2.91 bits per heavy atom. The maximum Gasteiger partial charge on any atom is 0.313 e. The summed E-state index contributed by atoms with van der Waals surface area (Å²) < 4.78 is 5.11. The number of ether oxygens (including phenoxy) is 1. The van der Waals surface area contributed by atoms with Gasteiger partial charge in [-0.1, -0.05) is 18.0 Å². The molecule has 22 heavy (non-hydrogen) atoms. The molecule has 0 bridgehead atoms. The molecule has 1 aromatic carbocycles. The second-order valence-electron chi connectivity index (χ2n) is 6.35. The summed E-state index contributed by atoms with van der Waals surface area (Å²) >= 11 is 6.15. The molecule has 1 aliphatic heterocycles. The SMILES string of the molecule is COC(=O)C1(C2NCCc3c2[nH]c2ccc(Cl)cc32)CCC1. The predicted octanol–water partition coefficient (Wildman–Crippen LogP) is 3.35. The van der Waals surface area contributed by atoms with Crippen molar-refractivity contribution >= 4 is 28.5 Å². The zero-order valence-corrected chi connectivity index (χ0v) is 13.3. The van der Waals surface area contributed by atoms with Gasteiger partial charge in [0, 0.05) is 21.6 Å². The number of aromatic amines is 1. The monoisotopic (exact) mass is 318 g/mol. The summed E-state index contributed by atoms with van der Waals surface area (Å²) in [6, 6.07) is 5.93. The normalized spacial score (nSPS) is 22.9. The minimum atomic E-state index is -0.422. The zero-order chi connectivity index (χ0) is 15.3. The van der Waals surface area contributed by atoms with Crippen molar-refractivity contribution in [3.05, 3.63) is 34.5 Å². The van der Waals surface area contributed by atoms with Gasteiger partial charge in [0.15, 0.2) is 0 Å². The molecule has 4 nitrogen and oxygen atoms in total. The molecule has 1 unspecified atom stereocenters. The standard InChI is InChI=1S/C17H19ClN2O2/c1-22-16(21)17(6-2-7-17)15-14-11(5-8-19-15)12-9-10(18)3-4-13(12)20-14/h3-4,9,15,19-20H,2,5-8H2,1H3. The van der Waals surface area contributed by atoms with Crippen LogP contribution in [0.2, 0.25) is 5.02 Å². The summed E-state index contributed by atoms with van der Waals surface area (Å²) in [6.45, 7) is 0.871. The molecule has 2 aromatic rings. The molecular formula is C17H19ClN2O2. The van der Waals surface area contributed by atoms with Gasteiger partial charge in [0.25, 0.3) is 0 Å². The summed E-state index contributed by atoms with van der Waals surface area (Å²) in [5.41, 5.74) is 3.08. The molecule has 1 saturated carbocycles. The van der Waals surface area contributed by atoms with E-state index < -0.39 is 5.41 Å². The lowest BCUT2D eigenvalue weighted by Gasteiger charge is -2.46. The van der Waals surface area contributed by atoms with Crippen LogP contribution in [0.4, 0.5) is 0 Å². The first kappa shape index (κ1) is 14.1. The molecule has 0 amide bonds. The van der Waals surface area contributed by atoms with Crippen molar-refractivity contribution in [1.82, 2.24) is 10.3 Å². The van der Waals surface area contributed by atoms with E-state index in [2.05, 4.69) is 10.3 Å². The number of esters is 1. The smallest absolute Gasteiger partial charge is 0.313 e. The van der Waals surface area contributed by atoms with Crippen LogP contribution in [0.1, 0.15) is 36.6 Å². The minimum Gasteiger partial charge on any atom is -0.469 e. The first-order valence-electron chi connectivity index (χ1n) is 7.77. The third-order valence-electron chi connectivity index (χ3n) is 5.30. The molecule has 2 N–H and O–H groups in total. The van der Waals surface area contributed by atoms with Gasteiger partial charge in [-0.2, -0.15) is 0 Å². The van der Waals surface area contributed by atoms with Crippen molar-refractivity contribution in [2.75, 3.05) is 13.7 Å². The van der Waals surface area contributed by atoms with E-state index in [9.17, 15) is 4.79 Å². The second-order valence-corrected chi connectivity index (χ2v) is 6.78. The van der Waals surface area contributed by atoms with Gasteiger partial charge in [-0.15, -0.1) is 0 Å². The molecule has 2 aliphatic rings. The van der Waals surface area contributed by atoms with E-state index in [0.29, 0.717) is 0 Å². The molecule has 0 saturated heterocycles. The first-order chi connectivity index (χ1) is 10.7. The Labute approximate surface area is 134 Å². The Kier molecular flexibility index (Phi) is 3.20. The number of fused-ring (bicyclic) bond motifs is 3. The number of nitrogens with one attached hydrogen (secondary N) is 2. The first-order valence-corrected chi connectivity index (χ1v) is 8.15. The molecule has 0 radical (unpaired) electrons. The number of aromatic nitrogens is 1. The zero-order valence-electron chi connectivity index (χ0n) is 12.5. The van der Waals surface area contributed by atoms with Crippen LogP contribution in [0.5, 0.6) is 0 Å². The number of halogens is 1. The predicted molar refractivity (Wildman–Crippen MR) is 86.1 cm³/mol. The Balaban J connectivity index is 1.85. The van der Waals surface area contributed by atoms with E-state index in [4.69, 9.17) is 16.3 Å². The van der Waals surface area contributed by atoms with Crippen LogP contribution in [0, 0.1) is 5.41 Å². The van der Waals surface area contributed by atoms with Gasteiger partial charge in [0.1, 0.15) is 0 Å². The van der Waals surface area contributed by atoms with Crippen molar-refractivity contribution in [2.45, 2.75) is 31.7 Å². The fourth-order valence-corrected chi connectivity index (χ4v) is 4.22. The third kappa shape index (κ3) is 1.83. The average molecular weight is 319 g/mol. The average Bonchev–Trinajstić information content (AvgIpc) is 2.85. The molecule has 0 spiro atoms.